The maximum absolute atomic E-state index is 10.3. The van der Waals surface area contributed by atoms with E-state index >= 15 is 0 Å². The van der Waals surface area contributed by atoms with Crippen molar-refractivity contribution in [3.8, 4) is 0 Å². The molecule has 1 saturated heterocycles. The maximum atomic E-state index is 10.3. The van der Waals surface area contributed by atoms with E-state index in [1.807, 2.05) is 18.2 Å². The number of aliphatic hydroxyl groups excluding tert-OH is 1. The average Bonchev–Trinajstić information content (AvgIpc) is 2.46. The summed E-state index contributed by atoms with van der Waals surface area (Å²) in [6, 6.07) is 5.67. The number of rotatable bonds is 5. The molecule has 0 radical (unpaired) electrons. The van der Waals surface area contributed by atoms with Gasteiger partial charge in [0.05, 0.1) is 6.10 Å². The molecule has 1 aliphatic heterocycles. The van der Waals surface area contributed by atoms with Crippen LogP contribution >= 0.6 is 27.5 Å². The molecule has 0 aliphatic carbocycles. The molecule has 1 aromatic rings. The van der Waals surface area contributed by atoms with Crippen molar-refractivity contribution in [1.82, 2.24) is 4.90 Å². The summed E-state index contributed by atoms with van der Waals surface area (Å²) in [7, 11) is 0. The fourth-order valence-corrected chi connectivity index (χ4v) is 3.70. The average molecular weight is 375 g/mol. The van der Waals surface area contributed by atoms with Crippen molar-refractivity contribution in [2.75, 3.05) is 19.6 Å². The van der Waals surface area contributed by atoms with Gasteiger partial charge in [-0.15, -0.1) is 0 Å². The summed E-state index contributed by atoms with van der Waals surface area (Å²) in [6.07, 6.45) is 4.05. The quantitative estimate of drug-likeness (QED) is 0.780. The molecular formula is C17H25BrClNO. The largest absolute Gasteiger partial charge is 0.388 e. The van der Waals surface area contributed by atoms with Gasteiger partial charge >= 0.3 is 0 Å². The molecule has 0 aromatic heterocycles. The third-order valence-corrected chi connectivity index (χ3v) is 5.78. The molecule has 21 heavy (non-hydrogen) atoms. The highest BCUT2D eigenvalue weighted by atomic mass is 79.9. The molecule has 1 unspecified atom stereocenters. The predicted molar refractivity (Wildman–Crippen MR) is 92.8 cm³/mol. The second-order valence-corrected chi connectivity index (χ2v) is 7.80. The Bertz CT molecular complexity index is 472. The van der Waals surface area contributed by atoms with E-state index in [-0.39, 0.29) is 0 Å². The maximum Gasteiger partial charge on any atom is 0.0816 e. The molecule has 1 heterocycles. The summed E-state index contributed by atoms with van der Waals surface area (Å²) in [4.78, 5) is 2.47. The van der Waals surface area contributed by atoms with Crippen molar-refractivity contribution in [1.29, 1.82) is 0 Å². The van der Waals surface area contributed by atoms with E-state index in [0.29, 0.717) is 10.4 Å². The Morgan fingerprint density at radius 1 is 1.38 bits per heavy atom. The molecule has 2 nitrogen and oxygen atoms in total. The van der Waals surface area contributed by atoms with Crippen molar-refractivity contribution in [3.63, 3.8) is 0 Å². The zero-order valence-corrected chi connectivity index (χ0v) is 15.3. The second-order valence-electron chi connectivity index (χ2n) is 6.48. The van der Waals surface area contributed by atoms with Crippen LogP contribution in [0.5, 0.6) is 0 Å². The lowest BCUT2D eigenvalue weighted by Crippen LogP contribution is -2.39. The van der Waals surface area contributed by atoms with E-state index in [4.69, 9.17) is 11.6 Å². The first-order valence-electron chi connectivity index (χ1n) is 7.79. The van der Waals surface area contributed by atoms with E-state index in [2.05, 4.69) is 34.7 Å². The molecule has 1 aliphatic rings. The number of likely N-dealkylation sites (tertiary alicyclic amines) is 1. The number of piperidine rings is 1. The SMILES string of the molecule is CCC1(C)CCN(CCC(O)c2ccc(Br)cc2Cl)CC1. The van der Waals surface area contributed by atoms with Gasteiger partial charge in [-0.3, -0.25) is 0 Å². The van der Waals surface area contributed by atoms with Crippen LogP contribution in [0.2, 0.25) is 5.02 Å². The molecule has 4 heteroatoms. The Hall–Kier alpha value is -0.0900. The van der Waals surface area contributed by atoms with Gasteiger partial charge in [-0.1, -0.05) is 53.9 Å². The highest BCUT2D eigenvalue weighted by molar-refractivity contribution is 9.10. The highest BCUT2D eigenvalue weighted by Crippen LogP contribution is 2.34. The topological polar surface area (TPSA) is 23.5 Å². The van der Waals surface area contributed by atoms with Gasteiger partial charge in [0.2, 0.25) is 0 Å². The van der Waals surface area contributed by atoms with Crippen LogP contribution in [0.15, 0.2) is 22.7 Å². The summed E-state index contributed by atoms with van der Waals surface area (Å²) >= 11 is 9.59. The van der Waals surface area contributed by atoms with Crippen LogP contribution in [0.3, 0.4) is 0 Å². The minimum Gasteiger partial charge on any atom is -0.388 e. The summed E-state index contributed by atoms with van der Waals surface area (Å²) in [6.45, 7) is 7.90. The predicted octanol–water partition coefficient (Wildman–Crippen LogP) is 5.04. The summed E-state index contributed by atoms with van der Waals surface area (Å²) in [5, 5.41) is 11.0. The molecule has 1 atom stereocenters. The van der Waals surface area contributed by atoms with Crippen molar-refractivity contribution in [2.45, 2.75) is 45.6 Å². The van der Waals surface area contributed by atoms with Crippen LogP contribution in [-0.2, 0) is 0 Å². The van der Waals surface area contributed by atoms with Crippen LogP contribution in [0, 0.1) is 5.41 Å². The highest BCUT2D eigenvalue weighted by Gasteiger charge is 2.28. The zero-order valence-electron chi connectivity index (χ0n) is 12.9. The Morgan fingerprint density at radius 2 is 2.05 bits per heavy atom. The summed E-state index contributed by atoms with van der Waals surface area (Å²) in [5.74, 6) is 0. The van der Waals surface area contributed by atoms with Crippen LogP contribution in [-0.4, -0.2) is 29.6 Å². The smallest absolute Gasteiger partial charge is 0.0816 e. The van der Waals surface area contributed by atoms with Gasteiger partial charge in [0.15, 0.2) is 0 Å². The third-order valence-electron chi connectivity index (χ3n) is 4.96. The van der Waals surface area contributed by atoms with Gasteiger partial charge in [-0.05, 0) is 55.5 Å². The molecule has 2 rings (SSSR count). The first-order chi connectivity index (χ1) is 9.93. The number of halogens is 2. The minimum absolute atomic E-state index is 0.481. The van der Waals surface area contributed by atoms with Crippen molar-refractivity contribution in [2.24, 2.45) is 5.41 Å². The van der Waals surface area contributed by atoms with Crippen molar-refractivity contribution in [3.05, 3.63) is 33.3 Å². The molecular weight excluding hydrogens is 350 g/mol. The van der Waals surface area contributed by atoms with E-state index in [0.717, 1.165) is 36.1 Å². The molecule has 118 valence electrons. The normalized spacial score (nSPS) is 20.4. The van der Waals surface area contributed by atoms with Crippen LogP contribution < -0.4 is 0 Å². The standard InChI is InChI=1S/C17H25BrClNO/c1-3-17(2)7-10-20(11-8-17)9-6-16(21)14-5-4-13(18)12-15(14)19/h4-5,12,16,21H,3,6-11H2,1-2H3. The number of hydrogen-bond donors (Lipinski definition) is 1. The summed E-state index contributed by atoms with van der Waals surface area (Å²) in [5.41, 5.74) is 1.35. The van der Waals surface area contributed by atoms with Crippen LogP contribution in [0.25, 0.3) is 0 Å². The fourth-order valence-electron chi connectivity index (χ4n) is 2.90. The van der Waals surface area contributed by atoms with Gasteiger partial charge in [0, 0.05) is 16.0 Å². The summed E-state index contributed by atoms with van der Waals surface area (Å²) < 4.78 is 0.943. The Labute approximate surface area is 141 Å². The van der Waals surface area contributed by atoms with Crippen molar-refractivity contribution < 1.29 is 5.11 Å². The van der Waals surface area contributed by atoms with E-state index in [1.54, 1.807) is 0 Å². The molecule has 0 bridgehead atoms. The number of benzene rings is 1. The lowest BCUT2D eigenvalue weighted by molar-refractivity contribution is 0.0910. The Kier molecular flexibility index (Phi) is 6.13. The van der Waals surface area contributed by atoms with Gasteiger partial charge in [0.25, 0.3) is 0 Å². The number of aliphatic hydroxyl groups is 1. The van der Waals surface area contributed by atoms with Gasteiger partial charge in [-0.25, -0.2) is 0 Å². The third kappa shape index (κ3) is 4.69. The lowest BCUT2D eigenvalue weighted by atomic mass is 9.78. The van der Waals surface area contributed by atoms with Gasteiger partial charge < -0.3 is 10.0 Å². The molecule has 0 saturated carbocycles. The fraction of sp³-hybridized carbons (Fsp3) is 0.647. The minimum atomic E-state index is -0.481. The van der Waals surface area contributed by atoms with Gasteiger partial charge in [0.1, 0.15) is 0 Å². The monoisotopic (exact) mass is 373 g/mol. The Balaban J connectivity index is 1.83. The van der Waals surface area contributed by atoms with Crippen LogP contribution in [0.4, 0.5) is 0 Å². The second kappa shape index (κ2) is 7.45. The number of hydrogen-bond acceptors (Lipinski definition) is 2. The zero-order chi connectivity index (χ0) is 15.5. The Morgan fingerprint density at radius 3 is 2.62 bits per heavy atom. The first-order valence-corrected chi connectivity index (χ1v) is 8.96. The number of nitrogens with zero attached hydrogens (tertiary/aromatic N) is 1. The molecule has 0 amide bonds. The molecule has 1 N–H and O–H groups in total. The van der Waals surface area contributed by atoms with E-state index in [9.17, 15) is 5.11 Å². The van der Waals surface area contributed by atoms with E-state index < -0.39 is 6.10 Å². The van der Waals surface area contributed by atoms with Gasteiger partial charge in [-0.2, -0.15) is 0 Å². The van der Waals surface area contributed by atoms with E-state index in [1.165, 1.54) is 19.3 Å². The van der Waals surface area contributed by atoms with Crippen LogP contribution in [0.1, 0.15) is 51.2 Å². The molecule has 0 spiro atoms. The first kappa shape index (κ1) is 17.3. The lowest BCUT2D eigenvalue weighted by Gasteiger charge is -2.39. The molecule has 1 fully saturated rings. The molecule has 1 aromatic carbocycles. The van der Waals surface area contributed by atoms with Crippen molar-refractivity contribution >= 4 is 27.5 Å².